The lowest BCUT2D eigenvalue weighted by Crippen LogP contribution is -2.16. The average molecular weight is 744 g/mol. The van der Waals surface area contributed by atoms with Gasteiger partial charge in [-0.3, -0.25) is 0 Å². The Morgan fingerprint density at radius 3 is 1.79 bits per heavy atom. The van der Waals surface area contributed by atoms with E-state index in [1.54, 1.807) is 0 Å². The van der Waals surface area contributed by atoms with Crippen LogP contribution in [0.25, 0.3) is 86.6 Å². The zero-order valence-corrected chi connectivity index (χ0v) is 32.6. The van der Waals surface area contributed by atoms with Crippen molar-refractivity contribution in [2.45, 2.75) is 19.3 Å². The molecule has 0 saturated carbocycles. The summed E-state index contributed by atoms with van der Waals surface area (Å²) >= 11 is 1.89. The molecule has 0 spiro atoms. The minimum Gasteiger partial charge on any atom is -0.310 e. The predicted molar refractivity (Wildman–Crippen MR) is 244 cm³/mol. The second kappa shape index (κ2) is 12.1. The number of fused-ring (bicyclic) bond motifs is 9. The molecule has 57 heavy (non-hydrogen) atoms. The monoisotopic (exact) mass is 743 g/mol. The van der Waals surface area contributed by atoms with E-state index in [-0.39, 0.29) is 5.41 Å². The standard InChI is InChI=1S/C55H37NS/c1-55(2)47-21-9-8-17-45(47)54-48(55)22-12-23-49(54)56(36-27-25-35(26-28-36)34-13-4-3-5-14-34)37-29-30-46-51(33-37)57-50-24-11-20-43(53(46)50)40-31-32-44-39-16-7-6-15-38(39)41-18-10-19-42(40)52(41)44/h3-33H,1-2H3. The highest BCUT2D eigenvalue weighted by atomic mass is 32.1. The van der Waals surface area contributed by atoms with E-state index in [1.807, 2.05) is 11.3 Å². The SMILES string of the molecule is CC1(C)c2ccccc2-c2c(N(c3ccc(-c4ccccc4)cc3)c3ccc4c(c3)sc3cccc(-c5ccc6c7c(cccc57)-c5ccccc5-6)c34)cccc21. The van der Waals surface area contributed by atoms with Crippen LogP contribution < -0.4 is 4.90 Å². The largest absolute Gasteiger partial charge is 0.310 e. The number of hydrogen-bond donors (Lipinski definition) is 0. The third-order valence-electron chi connectivity index (χ3n) is 12.6. The van der Waals surface area contributed by atoms with Crippen LogP contribution in [0.3, 0.4) is 0 Å². The maximum atomic E-state index is 2.48. The summed E-state index contributed by atoms with van der Waals surface area (Å²) in [6.07, 6.45) is 0. The van der Waals surface area contributed by atoms with E-state index in [0.717, 1.165) is 11.4 Å². The summed E-state index contributed by atoms with van der Waals surface area (Å²) in [5.41, 5.74) is 19.1. The first-order valence-electron chi connectivity index (χ1n) is 19.8. The van der Waals surface area contributed by atoms with Crippen molar-refractivity contribution in [2.75, 3.05) is 4.90 Å². The van der Waals surface area contributed by atoms with Gasteiger partial charge in [-0.2, -0.15) is 0 Å². The summed E-state index contributed by atoms with van der Waals surface area (Å²) in [6.45, 7) is 4.73. The molecule has 0 bridgehead atoms. The predicted octanol–water partition coefficient (Wildman–Crippen LogP) is 16.0. The maximum Gasteiger partial charge on any atom is 0.0543 e. The van der Waals surface area contributed by atoms with Crippen LogP contribution in [0.4, 0.5) is 17.1 Å². The maximum absolute atomic E-state index is 2.48. The fourth-order valence-corrected chi connectivity index (χ4v) is 11.2. The number of nitrogens with zero attached hydrogens (tertiary/aromatic N) is 1. The number of hydrogen-bond acceptors (Lipinski definition) is 2. The Balaban J connectivity index is 1.05. The zero-order chi connectivity index (χ0) is 37.8. The summed E-state index contributed by atoms with van der Waals surface area (Å²) in [4.78, 5) is 2.48. The van der Waals surface area contributed by atoms with E-state index in [0.29, 0.717) is 0 Å². The van der Waals surface area contributed by atoms with Crippen molar-refractivity contribution >= 4 is 59.3 Å². The molecular weight excluding hydrogens is 707 g/mol. The van der Waals surface area contributed by atoms with Gasteiger partial charge in [-0.05, 0) is 108 Å². The fourth-order valence-electron chi connectivity index (χ4n) is 10.0. The van der Waals surface area contributed by atoms with Crippen LogP contribution in [0.15, 0.2) is 188 Å². The molecule has 0 aliphatic heterocycles. The van der Waals surface area contributed by atoms with Crippen LogP contribution in [-0.2, 0) is 5.41 Å². The molecule has 0 atom stereocenters. The first-order chi connectivity index (χ1) is 28.0. The minimum absolute atomic E-state index is 0.0952. The topological polar surface area (TPSA) is 3.24 Å². The Labute approximate surface area is 336 Å². The first-order valence-corrected chi connectivity index (χ1v) is 20.7. The number of benzene rings is 9. The molecule has 10 aromatic rings. The van der Waals surface area contributed by atoms with Gasteiger partial charge in [0.2, 0.25) is 0 Å². The molecule has 0 fully saturated rings. The molecule has 2 heteroatoms. The van der Waals surface area contributed by atoms with Crippen LogP contribution in [-0.4, -0.2) is 0 Å². The van der Waals surface area contributed by atoms with E-state index in [9.17, 15) is 0 Å². The van der Waals surface area contributed by atoms with Gasteiger partial charge in [0.25, 0.3) is 0 Å². The Morgan fingerprint density at radius 1 is 0.386 bits per heavy atom. The molecule has 1 nitrogen and oxygen atoms in total. The summed E-state index contributed by atoms with van der Waals surface area (Å²) < 4.78 is 2.59. The van der Waals surface area contributed by atoms with Gasteiger partial charge in [0.1, 0.15) is 0 Å². The van der Waals surface area contributed by atoms with Crippen LogP contribution in [0.1, 0.15) is 25.0 Å². The molecule has 0 saturated heterocycles. The van der Waals surface area contributed by atoms with Crippen molar-refractivity contribution < 1.29 is 0 Å². The molecule has 0 N–H and O–H groups in total. The lowest BCUT2D eigenvalue weighted by molar-refractivity contribution is 0.660. The molecule has 0 amide bonds. The summed E-state index contributed by atoms with van der Waals surface area (Å²) in [5.74, 6) is 0. The van der Waals surface area contributed by atoms with E-state index in [1.165, 1.54) is 103 Å². The van der Waals surface area contributed by atoms with E-state index < -0.39 is 0 Å². The van der Waals surface area contributed by atoms with Gasteiger partial charge >= 0.3 is 0 Å². The van der Waals surface area contributed by atoms with Crippen molar-refractivity contribution in [3.63, 3.8) is 0 Å². The summed E-state index contributed by atoms with van der Waals surface area (Å²) in [7, 11) is 0. The van der Waals surface area contributed by atoms with Gasteiger partial charge in [-0.15, -0.1) is 11.3 Å². The lowest BCUT2D eigenvalue weighted by Gasteiger charge is -2.29. The smallest absolute Gasteiger partial charge is 0.0543 e. The summed E-state index contributed by atoms with van der Waals surface area (Å²) in [6, 6.07) is 69.9. The van der Waals surface area contributed by atoms with Crippen molar-refractivity contribution in [1.82, 2.24) is 0 Å². The van der Waals surface area contributed by atoms with Gasteiger partial charge in [0.15, 0.2) is 0 Å². The third kappa shape index (κ3) is 4.68. The molecule has 268 valence electrons. The Hall–Kier alpha value is -6.74. The molecule has 12 rings (SSSR count). The van der Waals surface area contributed by atoms with Gasteiger partial charge in [-0.1, -0.05) is 166 Å². The third-order valence-corrected chi connectivity index (χ3v) is 13.8. The Bertz CT molecular complexity index is 3230. The highest BCUT2D eigenvalue weighted by molar-refractivity contribution is 7.26. The zero-order valence-electron chi connectivity index (χ0n) is 31.8. The van der Waals surface area contributed by atoms with E-state index in [4.69, 9.17) is 0 Å². The van der Waals surface area contributed by atoms with E-state index in [2.05, 4.69) is 207 Å². The number of rotatable bonds is 5. The van der Waals surface area contributed by atoms with E-state index >= 15 is 0 Å². The number of thiophene rings is 1. The van der Waals surface area contributed by atoms with Crippen molar-refractivity contribution in [1.29, 1.82) is 0 Å². The molecule has 0 unspecified atom stereocenters. The highest BCUT2D eigenvalue weighted by Gasteiger charge is 2.37. The second-order valence-corrected chi connectivity index (χ2v) is 17.1. The van der Waals surface area contributed by atoms with Gasteiger partial charge < -0.3 is 4.90 Å². The average Bonchev–Trinajstić information content (AvgIpc) is 3.88. The molecule has 2 aliphatic carbocycles. The lowest BCUT2D eigenvalue weighted by atomic mass is 9.82. The van der Waals surface area contributed by atoms with Crippen molar-refractivity contribution in [3.05, 3.63) is 199 Å². The second-order valence-electron chi connectivity index (χ2n) is 16.0. The molecule has 1 heterocycles. The molecule has 9 aromatic carbocycles. The van der Waals surface area contributed by atoms with Gasteiger partial charge in [-0.25, -0.2) is 0 Å². The summed E-state index contributed by atoms with van der Waals surface area (Å²) in [5, 5.41) is 5.31. The van der Waals surface area contributed by atoms with Crippen LogP contribution in [0.2, 0.25) is 0 Å². The quantitative estimate of drug-likeness (QED) is 0.170. The van der Waals surface area contributed by atoms with Crippen molar-refractivity contribution in [2.24, 2.45) is 0 Å². The van der Waals surface area contributed by atoms with Crippen LogP contribution in [0.5, 0.6) is 0 Å². The minimum atomic E-state index is -0.0952. The van der Waals surface area contributed by atoms with Crippen molar-refractivity contribution in [3.8, 4) is 55.6 Å². The Morgan fingerprint density at radius 2 is 0.982 bits per heavy atom. The van der Waals surface area contributed by atoms with Crippen LogP contribution in [0, 0.1) is 0 Å². The molecule has 2 aliphatic rings. The van der Waals surface area contributed by atoms with Gasteiger partial charge in [0.05, 0.1) is 5.69 Å². The normalized spacial score (nSPS) is 13.2. The Kier molecular flexibility index (Phi) is 6.91. The highest BCUT2D eigenvalue weighted by Crippen LogP contribution is 2.55. The molecule has 0 radical (unpaired) electrons. The number of anilines is 3. The van der Waals surface area contributed by atoms with Gasteiger partial charge in [0, 0.05) is 42.5 Å². The first kappa shape index (κ1) is 32.5. The van der Waals surface area contributed by atoms with Crippen LogP contribution >= 0.6 is 11.3 Å². The fraction of sp³-hybridized carbons (Fsp3) is 0.0545. The molecular formula is C55H37NS. The molecule has 1 aromatic heterocycles.